The number of pyridine rings is 1. The van der Waals surface area contributed by atoms with Gasteiger partial charge in [-0.05, 0) is 36.6 Å². The van der Waals surface area contributed by atoms with Crippen molar-refractivity contribution >= 4 is 0 Å². The minimum Gasteiger partial charge on any atom is -0.508 e. The van der Waals surface area contributed by atoms with Crippen molar-refractivity contribution in [1.29, 1.82) is 0 Å². The van der Waals surface area contributed by atoms with E-state index < -0.39 is 0 Å². The molecule has 3 heteroatoms. The minimum atomic E-state index is 0.265. The molecule has 0 unspecified atom stereocenters. The first-order chi connectivity index (χ1) is 8.33. The van der Waals surface area contributed by atoms with Crippen LogP contribution >= 0.6 is 0 Å². The number of phenolic OH excluding ortho intramolecular Hbond substituents is 1. The number of benzene rings is 1. The van der Waals surface area contributed by atoms with Crippen LogP contribution in [0.15, 0.2) is 36.5 Å². The Balaban J connectivity index is 2.04. The summed E-state index contributed by atoms with van der Waals surface area (Å²) >= 11 is 0. The molecule has 0 amide bonds. The van der Waals surface area contributed by atoms with Gasteiger partial charge in [0.05, 0.1) is 12.3 Å². The van der Waals surface area contributed by atoms with Crippen molar-refractivity contribution in [2.45, 2.75) is 12.8 Å². The second kappa shape index (κ2) is 4.09. The molecule has 0 atom stereocenters. The van der Waals surface area contributed by atoms with Gasteiger partial charge in [0.1, 0.15) is 11.5 Å². The van der Waals surface area contributed by atoms with Crippen LogP contribution in [0, 0.1) is 0 Å². The van der Waals surface area contributed by atoms with Crippen molar-refractivity contribution in [2.75, 3.05) is 6.61 Å². The average Bonchev–Trinajstić information content (AvgIpc) is 2.38. The van der Waals surface area contributed by atoms with Crippen LogP contribution in [0.2, 0.25) is 0 Å². The quantitative estimate of drug-likeness (QED) is 0.814. The van der Waals surface area contributed by atoms with Crippen LogP contribution in [-0.4, -0.2) is 16.7 Å². The summed E-state index contributed by atoms with van der Waals surface area (Å²) in [6.07, 6.45) is 3.85. The molecular formula is C14H13NO2. The van der Waals surface area contributed by atoms with Gasteiger partial charge in [0.25, 0.3) is 0 Å². The van der Waals surface area contributed by atoms with Crippen LogP contribution in [0.3, 0.4) is 0 Å². The summed E-state index contributed by atoms with van der Waals surface area (Å²) in [4.78, 5) is 4.42. The first-order valence-electron chi connectivity index (χ1n) is 5.74. The van der Waals surface area contributed by atoms with E-state index in [0.717, 1.165) is 42.0 Å². The van der Waals surface area contributed by atoms with Gasteiger partial charge in [-0.15, -0.1) is 0 Å². The Morgan fingerprint density at radius 3 is 3.00 bits per heavy atom. The Labute approximate surface area is 99.7 Å². The standard InChI is InChI=1S/C14H13NO2/c16-12-4-1-3-10(7-12)11-8-14-13(15-9-11)5-2-6-17-14/h1,3-4,7-9,16H,2,5-6H2. The van der Waals surface area contributed by atoms with Gasteiger partial charge in [0.15, 0.2) is 0 Å². The molecule has 0 fully saturated rings. The second-order valence-electron chi connectivity index (χ2n) is 4.17. The number of aromatic nitrogens is 1. The number of nitrogens with zero attached hydrogens (tertiary/aromatic N) is 1. The van der Waals surface area contributed by atoms with Gasteiger partial charge in [-0.1, -0.05) is 12.1 Å². The molecule has 2 heterocycles. The Hall–Kier alpha value is -2.03. The van der Waals surface area contributed by atoms with Crippen LogP contribution in [0.25, 0.3) is 11.1 Å². The van der Waals surface area contributed by atoms with Gasteiger partial charge in [-0.3, -0.25) is 4.98 Å². The maximum atomic E-state index is 9.46. The number of fused-ring (bicyclic) bond motifs is 1. The molecule has 0 saturated carbocycles. The lowest BCUT2D eigenvalue weighted by Gasteiger charge is -2.16. The highest BCUT2D eigenvalue weighted by Crippen LogP contribution is 2.29. The van der Waals surface area contributed by atoms with E-state index in [1.165, 1.54) is 0 Å². The molecule has 2 aromatic rings. The number of hydrogen-bond donors (Lipinski definition) is 1. The Bertz CT molecular complexity index is 552. The molecule has 3 rings (SSSR count). The summed E-state index contributed by atoms with van der Waals surface area (Å²) in [5.74, 6) is 1.14. The SMILES string of the molecule is Oc1cccc(-c2cnc3c(c2)OCCC3)c1. The van der Waals surface area contributed by atoms with Crippen LogP contribution in [-0.2, 0) is 6.42 Å². The van der Waals surface area contributed by atoms with Gasteiger partial charge in [0, 0.05) is 11.8 Å². The van der Waals surface area contributed by atoms with Crippen molar-refractivity contribution in [3.63, 3.8) is 0 Å². The molecule has 1 aliphatic heterocycles. The van der Waals surface area contributed by atoms with Gasteiger partial charge in [0.2, 0.25) is 0 Å². The summed E-state index contributed by atoms with van der Waals surface area (Å²) in [6, 6.07) is 9.16. The lowest BCUT2D eigenvalue weighted by atomic mass is 10.1. The Kier molecular flexibility index (Phi) is 2.44. The molecule has 0 radical (unpaired) electrons. The Morgan fingerprint density at radius 2 is 2.12 bits per heavy atom. The van der Waals surface area contributed by atoms with E-state index in [1.54, 1.807) is 12.1 Å². The maximum absolute atomic E-state index is 9.46. The van der Waals surface area contributed by atoms with E-state index in [4.69, 9.17) is 4.74 Å². The van der Waals surface area contributed by atoms with E-state index in [-0.39, 0.29) is 5.75 Å². The number of rotatable bonds is 1. The largest absolute Gasteiger partial charge is 0.508 e. The zero-order valence-electron chi connectivity index (χ0n) is 9.39. The number of hydrogen-bond acceptors (Lipinski definition) is 3. The minimum absolute atomic E-state index is 0.265. The first kappa shape index (κ1) is 10.1. The maximum Gasteiger partial charge on any atom is 0.141 e. The van der Waals surface area contributed by atoms with Gasteiger partial charge in [-0.25, -0.2) is 0 Å². The van der Waals surface area contributed by atoms with Crippen molar-refractivity contribution in [2.24, 2.45) is 0 Å². The van der Waals surface area contributed by atoms with Gasteiger partial charge < -0.3 is 9.84 Å². The topological polar surface area (TPSA) is 42.4 Å². The fourth-order valence-electron chi connectivity index (χ4n) is 2.05. The van der Waals surface area contributed by atoms with Crippen molar-refractivity contribution in [3.8, 4) is 22.6 Å². The normalized spacial score (nSPS) is 13.9. The van der Waals surface area contributed by atoms with Crippen LogP contribution in [0.1, 0.15) is 12.1 Å². The number of phenols is 1. The van der Waals surface area contributed by atoms with Crippen LogP contribution in [0.5, 0.6) is 11.5 Å². The monoisotopic (exact) mass is 227 g/mol. The predicted octanol–water partition coefficient (Wildman–Crippen LogP) is 2.78. The van der Waals surface area contributed by atoms with Crippen molar-refractivity contribution in [3.05, 3.63) is 42.2 Å². The summed E-state index contributed by atoms with van der Waals surface area (Å²) in [5.41, 5.74) is 2.95. The van der Waals surface area contributed by atoms with Gasteiger partial charge in [-0.2, -0.15) is 0 Å². The smallest absolute Gasteiger partial charge is 0.141 e. The first-order valence-corrected chi connectivity index (χ1v) is 5.74. The van der Waals surface area contributed by atoms with E-state index in [0.29, 0.717) is 0 Å². The lowest BCUT2D eigenvalue weighted by Crippen LogP contribution is -2.09. The molecular weight excluding hydrogens is 214 g/mol. The zero-order chi connectivity index (χ0) is 11.7. The lowest BCUT2D eigenvalue weighted by molar-refractivity contribution is 0.285. The fraction of sp³-hybridized carbons (Fsp3) is 0.214. The summed E-state index contributed by atoms with van der Waals surface area (Å²) < 4.78 is 5.59. The number of aromatic hydroxyl groups is 1. The molecule has 1 aromatic heterocycles. The van der Waals surface area contributed by atoms with Crippen LogP contribution in [0.4, 0.5) is 0 Å². The van der Waals surface area contributed by atoms with E-state index in [2.05, 4.69) is 4.98 Å². The summed E-state index contributed by atoms with van der Waals surface area (Å²) in [5, 5.41) is 9.46. The van der Waals surface area contributed by atoms with Gasteiger partial charge >= 0.3 is 0 Å². The Morgan fingerprint density at radius 1 is 1.18 bits per heavy atom. The molecule has 0 saturated heterocycles. The summed E-state index contributed by atoms with van der Waals surface area (Å²) in [7, 11) is 0. The fourth-order valence-corrected chi connectivity index (χ4v) is 2.05. The molecule has 1 aliphatic rings. The molecule has 86 valence electrons. The number of ether oxygens (including phenoxy) is 1. The third-order valence-electron chi connectivity index (χ3n) is 2.93. The molecule has 0 spiro atoms. The number of aryl methyl sites for hydroxylation is 1. The van der Waals surface area contributed by atoms with E-state index >= 15 is 0 Å². The second-order valence-corrected chi connectivity index (χ2v) is 4.17. The van der Waals surface area contributed by atoms with E-state index in [9.17, 15) is 5.11 Å². The predicted molar refractivity (Wildman–Crippen MR) is 65.2 cm³/mol. The molecule has 1 aromatic carbocycles. The molecule has 0 bridgehead atoms. The molecule has 0 aliphatic carbocycles. The zero-order valence-corrected chi connectivity index (χ0v) is 9.39. The van der Waals surface area contributed by atoms with Crippen molar-refractivity contribution < 1.29 is 9.84 Å². The van der Waals surface area contributed by atoms with Crippen molar-refractivity contribution in [1.82, 2.24) is 4.98 Å². The molecule has 17 heavy (non-hydrogen) atoms. The molecule has 3 nitrogen and oxygen atoms in total. The average molecular weight is 227 g/mol. The van der Waals surface area contributed by atoms with Crippen LogP contribution < -0.4 is 4.74 Å². The highest BCUT2D eigenvalue weighted by atomic mass is 16.5. The molecule has 1 N–H and O–H groups in total. The highest BCUT2D eigenvalue weighted by Gasteiger charge is 2.12. The third-order valence-corrected chi connectivity index (χ3v) is 2.93. The third kappa shape index (κ3) is 1.96. The summed E-state index contributed by atoms with van der Waals surface area (Å²) in [6.45, 7) is 0.762. The van der Waals surface area contributed by atoms with E-state index in [1.807, 2.05) is 24.4 Å². The highest BCUT2D eigenvalue weighted by molar-refractivity contribution is 5.66.